The van der Waals surface area contributed by atoms with Crippen LogP contribution < -0.4 is 4.72 Å². The van der Waals surface area contributed by atoms with Crippen LogP contribution in [-0.4, -0.2) is 8.42 Å². The van der Waals surface area contributed by atoms with Crippen molar-refractivity contribution in [1.82, 2.24) is 0 Å². The molecule has 20 heavy (non-hydrogen) atoms. The maximum absolute atomic E-state index is 12.5. The van der Waals surface area contributed by atoms with E-state index in [1.165, 1.54) is 0 Å². The van der Waals surface area contributed by atoms with Gasteiger partial charge in [0.25, 0.3) is 10.0 Å². The van der Waals surface area contributed by atoms with Gasteiger partial charge in [-0.05, 0) is 61.7 Å². The third kappa shape index (κ3) is 3.22. The molecule has 106 valence electrons. The lowest BCUT2D eigenvalue weighted by Gasteiger charge is -2.13. The summed E-state index contributed by atoms with van der Waals surface area (Å²) in [5, 5.41) is 0. The zero-order valence-electron chi connectivity index (χ0n) is 11.6. The molecule has 0 fully saturated rings. The van der Waals surface area contributed by atoms with Gasteiger partial charge in [-0.1, -0.05) is 28.1 Å². The summed E-state index contributed by atoms with van der Waals surface area (Å²) in [4.78, 5) is 0.319. The first kappa shape index (κ1) is 15.1. The van der Waals surface area contributed by atoms with Crippen molar-refractivity contribution in [2.45, 2.75) is 25.7 Å². The SMILES string of the molecule is Cc1ccc(C)c(S(=O)(=O)Nc2ccc(Br)cc2C)c1. The Morgan fingerprint density at radius 1 is 0.950 bits per heavy atom. The molecule has 0 radical (unpaired) electrons. The van der Waals surface area contributed by atoms with E-state index in [1.807, 2.05) is 38.1 Å². The van der Waals surface area contributed by atoms with Gasteiger partial charge in [0.05, 0.1) is 10.6 Å². The molecule has 2 aromatic rings. The fourth-order valence-corrected chi connectivity index (χ4v) is 3.88. The van der Waals surface area contributed by atoms with Gasteiger partial charge in [0.2, 0.25) is 0 Å². The zero-order valence-corrected chi connectivity index (χ0v) is 14.0. The van der Waals surface area contributed by atoms with Crippen LogP contribution >= 0.6 is 15.9 Å². The molecule has 0 saturated heterocycles. The summed E-state index contributed by atoms with van der Waals surface area (Å²) < 4.78 is 28.5. The number of halogens is 1. The maximum Gasteiger partial charge on any atom is 0.262 e. The highest BCUT2D eigenvalue weighted by Crippen LogP contribution is 2.24. The van der Waals surface area contributed by atoms with Gasteiger partial charge >= 0.3 is 0 Å². The molecule has 3 nitrogen and oxygen atoms in total. The maximum atomic E-state index is 12.5. The van der Waals surface area contributed by atoms with Crippen LogP contribution in [0.4, 0.5) is 5.69 Å². The molecule has 5 heteroatoms. The average molecular weight is 354 g/mol. The third-order valence-electron chi connectivity index (χ3n) is 3.07. The van der Waals surface area contributed by atoms with Gasteiger partial charge in [-0.3, -0.25) is 4.72 Å². The highest BCUT2D eigenvalue weighted by atomic mass is 79.9. The van der Waals surface area contributed by atoms with Crippen molar-refractivity contribution in [3.8, 4) is 0 Å². The normalized spacial score (nSPS) is 11.4. The Labute approximate surface area is 128 Å². The molecule has 2 rings (SSSR count). The molecule has 0 atom stereocenters. The van der Waals surface area contributed by atoms with Crippen molar-refractivity contribution in [3.05, 3.63) is 57.6 Å². The lowest BCUT2D eigenvalue weighted by Crippen LogP contribution is -2.15. The van der Waals surface area contributed by atoms with E-state index >= 15 is 0 Å². The second-order valence-corrected chi connectivity index (χ2v) is 7.40. The van der Waals surface area contributed by atoms with Gasteiger partial charge in [0, 0.05) is 4.47 Å². The van der Waals surface area contributed by atoms with Crippen LogP contribution in [0.2, 0.25) is 0 Å². The van der Waals surface area contributed by atoms with Crippen molar-refractivity contribution in [2.75, 3.05) is 4.72 Å². The summed E-state index contributed by atoms with van der Waals surface area (Å²) in [6, 6.07) is 10.8. The van der Waals surface area contributed by atoms with Gasteiger partial charge in [-0.2, -0.15) is 0 Å². The summed E-state index contributed by atoms with van der Waals surface area (Å²) >= 11 is 3.36. The predicted molar refractivity (Wildman–Crippen MR) is 85.6 cm³/mol. The van der Waals surface area contributed by atoms with E-state index in [0.717, 1.165) is 21.2 Å². The van der Waals surface area contributed by atoms with Crippen molar-refractivity contribution >= 4 is 31.6 Å². The summed E-state index contributed by atoms with van der Waals surface area (Å²) in [5.74, 6) is 0. The number of benzene rings is 2. The Kier molecular flexibility index (Phi) is 4.20. The van der Waals surface area contributed by atoms with Crippen molar-refractivity contribution in [3.63, 3.8) is 0 Å². The Hall–Kier alpha value is -1.33. The van der Waals surface area contributed by atoms with Crippen LogP contribution in [-0.2, 0) is 10.0 Å². The molecule has 0 aliphatic rings. The van der Waals surface area contributed by atoms with Gasteiger partial charge in [0.1, 0.15) is 0 Å². The van der Waals surface area contributed by atoms with Crippen LogP contribution in [0, 0.1) is 20.8 Å². The second kappa shape index (κ2) is 5.58. The number of sulfonamides is 1. The van der Waals surface area contributed by atoms with E-state index in [1.54, 1.807) is 19.1 Å². The molecule has 0 spiro atoms. The lowest BCUT2D eigenvalue weighted by molar-refractivity contribution is 0.600. The van der Waals surface area contributed by atoms with E-state index < -0.39 is 10.0 Å². The van der Waals surface area contributed by atoms with E-state index in [2.05, 4.69) is 20.7 Å². The second-order valence-electron chi connectivity index (χ2n) is 4.83. The number of aryl methyl sites for hydroxylation is 3. The number of hydrogen-bond donors (Lipinski definition) is 1. The molecular formula is C15H16BrNO2S. The van der Waals surface area contributed by atoms with E-state index in [4.69, 9.17) is 0 Å². The fourth-order valence-electron chi connectivity index (χ4n) is 1.94. The summed E-state index contributed by atoms with van der Waals surface area (Å²) in [6.45, 7) is 5.54. The fraction of sp³-hybridized carbons (Fsp3) is 0.200. The average Bonchev–Trinajstić information content (AvgIpc) is 2.35. The Balaban J connectivity index is 2.43. The first-order valence-electron chi connectivity index (χ1n) is 6.16. The quantitative estimate of drug-likeness (QED) is 0.899. The molecule has 0 saturated carbocycles. The van der Waals surface area contributed by atoms with Crippen molar-refractivity contribution in [1.29, 1.82) is 0 Å². The minimum atomic E-state index is -3.57. The smallest absolute Gasteiger partial charge is 0.262 e. The lowest BCUT2D eigenvalue weighted by atomic mass is 10.2. The van der Waals surface area contributed by atoms with Crippen molar-refractivity contribution < 1.29 is 8.42 Å². The van der Waals surface area contributed by atoms with Crippen LogP contribution in [0.1, 0.15) is 16.7 Å². The van der Waals surface area contributed by atoms with Crippen LogP contribution in [0.25, 0.3) is 0 Å². The van der Waals surface area contributed by atoms with Crippen molar-refractivity contribution in [2.24, 2.45) is 0 Å². The first-order chi connectivity index (χ1) is 9.29. The van der Waals surface area contributed by atoms with Gasteiger partial charge in [0.15, 0.2) is 0 Å². The zero-order chi connectivity index (χ0) is 14.9. The minimum Gasteiger partial charge on any atom is -0.279 e. The molecular weight excluding hydrogens is 338 g/mol. The largest absolute Gasteiger partial charge is 0.279 e. The standard InChI is InChI=1S/C15H16BrNO2S/c1-10-4-5-11(2)15(8-10)20(18,19)17-14-7-6-13(16)9-12(14)3/h4-9,17H,1-3H3. The molecule has 0 amide bonds. The minimum absolute atomic E-state index is 0.319. The monoisotopic (exact) mass is 353 g/mol. The van der Waals surface area contributed by atoms with Crippen LogP contribution in [0.5, 0.6) is 0 Å². The van der Waals surface area contributed by atoms with Gasteiger partial charge in [-0.25, -0.2) is 8.42 Å². The third-order valence-corrected chi connectivity index (χ3v) is 5.07. The summed E-state index contributed by atoms with van der Waals surface area (Å²) in [5.41, 5.74) is 3.11. The van der Waals surface area contributed by atoms with E-state index in [9.17, 15) is 8.42 Å². The Morgan fingerprint density at radius 2 is 1.65 bits per heavy atom. The Morgan fingerprint density at radius 3 is 2.30 bits per heavy atom. The summed E-state index contributed by atoms with van der Waals surface area (Å²) in [6.07, 6.45) is 0. The molecule has 0 aliphatic heterocycles. The van der Waals surface area contributed by atoms with Gasteiger partial charge < -0.3 is 0 Å². The van der Waals surface area contributed by atoms with Crippen LogP contribution in [0.3, 0.4) is 0 Å². The molecule has 0 bridgehead atoms. The topological polar surface area (TPSA) is 46.2 Å². The van der Waals surface area contributed by atoms with E-state index in [0.29, 0.717) is 10.6 Å². The predicted octanol–water partition coefficient (Wildman–Crippen LogP) is 4.18. The highest BCUT2D eigenvalue weighted by Gasteiger charge is 2.17. The van der Waals surface area contributed by atoms with E-state index in [-0.39, 0.29) is 0 Å². The Bertz CT molecular complexity index is 754. The molecule has 2 aromatic carbocycles. The summed E-state index contributed by atoms with van der Waals surface area (Å²) in [7, 11) is -3.57. The molecule has 0 heterocycles. The molecule has 1 N–H and O–H groups in total. The molecule has 0 unspecified atom stereocenters. The first-order valence-corrected chi connectivity index (χ1v) is 8.43. The number of rotatable bonds is 3. The molecule has 0 aromatic heterocycles. The van der Waals surface area contributed by atoms with Gasteiger partial charge in [-0.15, -0.1) is 0 Å². The van der Waals surface area contributed by atoms with Crippen LogP contribution in [0.15, 0.2) is 45.8 Å². The number of anilines is 1. The highest BCUT2D eigenvalue weighted by molar-refractivity contribution is 9.10. The number of hydrogen-bond acceptors (Lipinski definition) is 2. The number of nitrogens with one attached hydrogen (secondary N) is 1. The molecule has 0 aliphatic carbocycles.